The molecular formula is C14H26N2. The molecular weight excluding hydrogens is 196 g/mol. The van der Waals surface area contributed by atoms with E-state index >= 15 is 0 Å². The second-order valence-electron chi connectivity index (χ2n) is 6.23. The maximum absolute atomic E-state index is 3.64. The van der Waals surface area contributed by atoms with Gasteiger partial charge >= 0.3 is 0 Å². The third-order valence-corrected chi connectivity index (χ3v) is 4.72. The first-order valence-corrected chi connectivity index (χ1v) is 7.28. The quantitative estimate of drug-likeness (QED) is 0.785. The summed E-state index contributed by atoms with van der Waals surface area (Å²) >= 11 is 0. The lowest BCUT2D eigenvalue weighted by Gasteiger charge is -2.44. The molecule has 3 aliphatic rings. The summed E-state index contributed by atoms with van der Waals surface area (Å²) in [6.07, 6.45) is 7.35. The van der Waals surface area contributed by atoms with Crippen molar-refractivity contribution in [2.75, 3.05) is 13.1 Å². The minimum absolute atomic E-state index is 0.697. The van der Waals surface area contributed by atoms with Crippen molar-refractivity contribution in [1.82, 2.24) is 10.2 Å². The standard InChI is InChI=1S/C14H26N2/c1-3-13-8-15-10(2)9-16(13)14(11-4-5-11)12-6-7-12/h10-15H,3-9H2,1-2H3. The lowest BCUT2D eigenvalue weighted by molar-refractivity contribution is 0.0601. The fourth-order valence-electron chi connectivity index (χ4n) is 3.53. The zero-order valence-corrected chi connectivity index (χ0v) is 10.8. The number of hydrogen-bond donors (Lipinski definition) is 1. The van der Waals surface area contributed by atoms with E-state index in [1.165, 1.54) is 45.2 Å². The lowest BCUT2D eigenvalue weighted by Crippen LogP contribution is -2.59. The molecule has 2 saturated carbocycles. The average molecular weight is 222 g/mol. The molecule has 1 heterocycles. The van der Waals surface area contributed by atoms with Gasteiger partial charge in [0, 0.05) is 31.2 Å². The van der Waals surface area contributed by atoms with E-state index in [1.807, 2.05) is 0 Å². The van der Waals surface area contributed by atoms with Crippen LogP contribution in [0.25, 0.3) is 0 Å². The van der Waals surface area contributed by atoms with E-state index in [0.717, 1.165) is 23.9 Å². The van der Waals surface area contributed by atoms with E-state index in [2.05, 4.69) is 24.1 Å². The summed E-state index contributed by atoms with van der Waals surface area (Å²) in [6.45, 7) is 7.20. The Bertz CT molecular complexity index is 233. The maximum Gasteiger partial charge on any atom is 0.0221 e. The Morgan fingerprint density at radius 1 is 1.19 bits per heavy atom. The van der Waals surface area contributed by atoms with Crippen LogP contribution in [0.5, 0.6) is 0 Å². The Kier molecular flexibility index (Phi) is 2.97. The van der Waals surface area contributed by atoms with Gasteiger partial charge in [0.1, 0.15) is 0 Å². The minimum atomic E-state index is 0.697. The van der Waals surface area contributed by atoms with Crippen LogP contribution in [0.15, 0.2) is 0 Å². The molecule has 0 aromatic heterocycles. The number of nitrogens with zero attached hydrogens (tertiary/aromatic N) is 1. The first-order valence-electron chi connectivity index (χ1n) is 7.28. The molecule has 3 fully saturated rings. The van der Waals surface area contributed by atoms with E-state index in [9.17, 15) is 0 Å². The van der Waals surface area contributed by atoms with Gasteiger partial charge in [-0.2, -0.15) is 0 Å². The third kappa shape index (κ3) is 2.14. The van der Waals surface area contributed by atoms with Crippen LogP contribution in [-0.4, -0.2) is 36.1 Å². The molecule has 3 rings (SSSR count). The smallest absolute Gasteiger partial charge is 0.0221 e. The Labute approximate surface area is 99.8 Å². The fourth-order valence-corrected chi connectivity index (χ4v) is 3.53. The predicted octanol–water partition coefficient (Wildman–Crippen LogP) is 2.25. The first kappa shape index (κ1) is 11.0. The van der Waals surface area contributed by atoms with Gasteiger partial charge in [-0.3, -0.25) is 4.90 Å². The molecule has 1 saturated heterocycles. The Hall–Kier alpha value is -0.0800. The Balaban J connectivity index is 1.72. The first-order chi connectivity index (χ1) is 7.79. The van der Waals surface area contributed by atoms with Gasteiger partial charge in [0.05, 0.1) is 0 Å². The van der Waals surface area contributed by atoms with Gasteiger partial charge in [0.2, 0.25) is 0 Å². The molecule has 1 aliphatic heterocycles. The van der Waals surface area contributed by atoms with E-state index in [0.29, 0.717) is 6.04 Å². The molecule has 2 heteroatoms. The number of piperazine rings is 1. The van der Waals surface area contributed by atoms with Gasteiger partial charge in [-0.05, 0) is 50.9 Å². The Morgan fingerprint density at radius 2 is 1.81 bits per heavy atom. The molecule has 0 amide bonds. The third-order valence-electron chi connectivity index (χ3n) is 4.72. The van der Waals surface area contributed by atoms with E-state index in [-0.39, 0.29) is 0 Å². The van der Waals surface area contributed by atoms with Crippen LogP contribution in [0.2, 0.25) is 0 Å². The van der Waals surface area contributed by atoms with Gasteiger partial charge in [-0.1, -0.05) is 6.92 Å². The molecule has 16 heavy (non-hydrogen) atoms. The van der Waals surface area contributed by atoms with Crippen LogP contribution < -0.4 is 5.32 Å². The highest BCUT2D eigenvalue weighted by molar-refractivity contribution is 5.01. The molecule has 0 radical (unpaired) electrons. The molecule has 0 bridgehead atoms. The maximum atomic E-state index is 3.64. The largest absolute Gasteiger partial charge is 0.311 e. The van der Waals surface area contributed by atoms with Gasteiger partial charge in [0.15, 0.2) is 0 Å². The summed E-state index contributed by atoms with van der Waals surface area (Å²) in [5.74, 6) is 2.12. The second-order valence-corrected chi connectivity index (χ2v) is 6.23. The highest BCUT2D eigenvalue weighted by Gasteiger charge is 2.46. The van der Waals surface area contributed by atoms with Crippen LogP contribution in [0, 0.1) is 11.8 Å². The summed E-state index contributed by atoms with van der Waals surface area (Å²) in [5.41, 5.74) is 0. The van der Waals surface area contributed by atoms with Crippen molar-refractivity contribution in [3.63, 3.8) is 0 Å². The van der Waals surface area contributed by atoms with Gasteiger partial charge in [-0.25, -0.2) is 0 Å². The summed E-state index contributed by atoms with van der Waals surface area (Å²) in [4.78, 5) is 2.89. The number of hydrogen-bond acceptors (Lipinski definition) is 2. The van der Waals surface area contributed by atoms with Crippen molar-refractivity contribution >= 4 is 0 Å². The van der Waals surface area contributed by atoms with Crippen LogP contribution in [0.4, 0.5) is 0 Å². The summed E-state index contributed by atoms with van der Waals surface area (Å²) in [5, 5.41) is 3.64. The van der Waals surface area contributed by atoms with Crippen molar-refractivity contribution < 1.29 is 0 Å². The highest BCUT2D eigenvalue weighted by Crippen LogP contribution is 2.48. The van der Waals surface area contributed by atoms with Gasteiger partial charge in [0.25, 0.3) is 0 Å². The topological polar surface area (TPSA) is 15.3 Å². The van der Waals surface area contributed by atoms with Crippen molar-refractivity contribution in [3.8, 4) is 0 Å². The van der Waals surface area contributed by atoms with E-state index < -0.39 is 0 Å². The normalized spacial score (nSPS) is 36.9. The SMILES string of the molecule is CCC1CNC(C)CN1C(C1CC1)C1CC1. The van der Waals surface area contributed by atoms with Gasteiger partial charge in [-0.15, -0.1) is 0 Å². The summed E-state index contributed by atoms with van der Waals surface area (Å²) < 4.78 is 0. The minimum Gasteiger partial charge on any atom is -0.311 e. The fraction of sp³-hybridized carbons (Fsp3) is 1.00. The summed E-state index contributed by atoms with van der Waals surface area (Å²) in [7, 11) is 0. The molecule has 2 aliphatic carbocycles. The predicted molar refractivity (Wildman–Crippen MR) is 67.5 cm³/mol. The highest BCUT2D eigenvalue weighted by atomic mass is 15.3. The molecule has 2 unspecified atom stereocenters. The van der Waals surface area contributed by atoms with Crippen molar-refractivity contribution in [3.05, 3.63) is 0 Å². The van der Waals surface area contributed by atoms with Crippen LogP contribution in [0.1, 0.15) is 46.0 Å². The van der Waals surface area contributed by atoms with Crippen molar-refractivity contribution in [2.45, 2.75) is 64.1 Å². The van der Waals surface area contributed by atoms with Crippen LogP contribution >= 0.6 is 0 Å². The monoisotopic (exact) mass is 222 g/mol. The molecule has 0 spiro atoms. The van der Waals surface area contributed by atoms with Crippen LogP contribution in [-0.2, 0) is 0 Å². The van der Waals surface area contributed by atoms with Crippen molar-refractivity contribution in [1.29, 1.82) is 0 Å². The summed E-state index contributed by atoms with van der Waals surface area (Å²) in [6, 6.07) is 2.46. The Morgan fingerprint density at radius 3 is 2.31 bits per heavy atom. The van der Waals surface area contributed by atoms with Crippen molar-refractivity contribution in [2.24, 2.45) is 11.8 Å². The number of rotatable bonds is 4. The molecule has 0 aromatic carbocycles. The second kappa shape index (κ2) is 4.30. The van der Waals surface area contributed by atoms with E-state index in [4.69, 9.17) is 0 Å². The average Bonchev–Trinajstić information content (AvgIpc) is 3.13. The molecule has 2 nitrogen and oxygen atoms in total. The van der Waals surface area contributed by atoms with Gasteiger partial charge < -0.3 is 5.32 Å². The lowest BCUT2D eigenvalue weighted by atomic mass is 9.98. The zero-order valence-electron chi connectivity index (χ0n) is 10.8. The molecule has 1 N–H and O–H groups in total. The van der Waals surface area contributed by atoms with Crippen LogP contribution in [0.3, 0.4) is 0 Å². The molecule has 92 valence electrons. The van der Waals surface area contributed by atoms with E-state index in [1.54, 1.807) is 0 Å². The molecule has 2 atom stereocenters. The molecule has 0 aromatic rings. The zero-order chi connectivity index (χ0) is 11.1. The number of nitrogens with one attached hydrogen (secondary N) is 1.